The Kier molecular flexibility index (Phi) is 5.69. The number of amides is 1. The Bertz CT molecular complexity index is 1040. The lowest BCUT2D eigenvalue weighted by molar-refractivity contribution is -0.125. The van der Waals surface area contributed by atoms with Crippen molar-refractivity contribution in [2.45, 2.75) is 50.5 Å². The van der Waals surface area contributed by atoms with Gasteiger partial charge in [0.15, 0.2) is 5.82 Å². The van der Waals surface area contributed by atoms with Crippen LogP contribution in [-0.4, -0.2) is 38.4 Å². The second-order valence-electron chi connectivity index (χ2n) is 8.29. The molecule has 160 valence electrons. The largest absolute Gasteiger partial charge is 0.355 e. The molecule has 8 heteroatoms. The summed E-state index contributed by atoms with van der Waals surface area (Å²) in [5, 5.41) is 3.08. The second-order valence-corrected chi connectivity index (χ2v) is 9.94. The maximum atomic E-state index is 13.0. The molecule has 1 aromatic heterocycles. The van der Waals surface area contributed by atoms with Crippen molar-refractivity contribution in [1.82, 2.24) is 10.3 Å². The van der Waals surface area contributed by atoms with Crippen LogP contribution in [0.4, 0.5) is 11.5 Å². The van der Waals surface area contributed by atoms with Gasteiger partial charge >= 0.3 is 0 Å². The normalized spacial score (nSPS) is 17.6. The highest BCUT2D eigenvalue weighted by Gasteiger charge is 2.31. The van der Waals surface area contributed by atoms with E-state index in [4.69, 9.17) is 0 Å². The number of hydrogen-bond donors (Lipinski definition) is 2. The Morgan fingerprint density at radius 2 is 1.83 bits per heavy atom. The van der Waals surface area contributed by atoms with Gasteiger partial charge in [-0.2, -0.15) is 0 Å². The van der Waals surface area contributed by atoms with Gasteiger partial charge in [-0.15, -0.1) is 0 Å². The standard InChI is InChI=1S/C22H28N4O3S/c1-15-5-8-20(16(2)14-15)30(28,29)25-19-4-3-11-23-21(19)26-12-9-17(10-13-26)22(27)24-18-6-7-18/h3-5,8,11,14,17-18,25H,6-7,9-10,12-13H2,1-2H3,(H,24,27). The van der Waals surface area contributed by atoms with E-state index in [0.717, 1.165) is 31.2 Å². The molecule has 0 unspecified atom stereocenters. The van der Waals surface area contributed by atoms with Crippen molar-refractivity contribution in [2.24, 2.45) is 5.92 Å². The van der Waals surface area contributed by atoms with Crippen LogP contribution in [0.25, 0.3) is 0 Å². The molecule has 1 aromatic carbocycles. The number of carbonyl (C=O) groups excluding carboxylic acids is 1. The van der Waals surface area contributed by atoms with Gasteiger partial charge in [0.05, 0.1) is 10.6 Å². The molecule has 4 rings (SSSR count). The van der Waals surface area contributed by atoms with Gasteiger partial charge in [-0.25, -0.2) is 13.4 Å². The third-order valence-corrected chi connectivity index (χ3v) is 7.27. The first-order valence-electron chi connectivity index (χ1n) is 10.4. The van der Waals surface area contributed by atoms with Gasteiger partial charge in [0.25, 0.3) is 10.0 Å². The van der Waals surface area contributed by atoms with Gasteiger partial charge in [0.2, 0.25) is 5.91 Å². The van der Waals surface area contributed by atoms with Crippen LogP contribution in [0.15, 0.2) is 41.4 Å². The number of nitrogens with zero attached hydrogens (tertiary/aromatic N) is 2. The van der Waals surface area contributed by atoms with Crippen LogP contribution in [-0.2, 0) is 14.8 Å². The lowest BCUT2D eigenvalue weighted by Crippen LogP contribution is -2.41. The maximum Gasteiger partial charge on any atom is 0.262 e. The average molecular weight is 429 g/mol. The molecule has 30 heavy (non-hydrogen) atoms. The first-order valence-corrected chi connectivity index (χ1v) is 11.9. The minimum absolute atomic E-state index is 0.0147. The van der Waals surface area contributed by atoms with E-state index in [0.29, 0.717) is 36.2 Å². The van der Waals surface area contributed by atoms with E-state index in [1.54, 1.807) is 37.4 Å². The summed E-state index contributed by atoms with van der Waals surface area (Å²) in [6.45, 7) is 5.06. The smallest absolute Gasteiger partial charge is 0.262 e. The lowest BCUT2D eigenvalue weighted by Gasteiger charge is -2.33. The number of sulfonamides is 1. The van der Waals surface area contributed by atoms with Crippen LogP contribution in [0.3, 0.4) is 0 Å². The monoisotopic (exact) mass is 428 g/mol. The van der Waals surface area contributed by atoms with Crippen molar-refractivity contribution < 1.29 is 13.2 Å². The molecule has 1 saturated heterocycles. The lowest BCUT2D eigenvalue weighted by atomic mass is 9.96. The molecule has 2 fully saturated rings. The molecule has 2 aromatic rings. The highest BCUT2D eigenvalue weighted by atomic mass is 32.2. The Morgan fingerprint density at radius 3 is 2.50 bits per heavy atom. The summed E-state index contributed by atoms with van der Waals surface area (Å²) >= 11 is 0. The molecular weight excluding hydrogens is 400 g/mol. The number of piperidine rings is 1. The van der Waals surface area contributed by atoms with Gasteiger partial charge in [0.1, 0.15) is 0 Å². The number of carbonyl (C=O) groups is 1. The van der Waals surface area contributed by atoms with E-state index >= 15 is 0 Å². The Hall–Kier alpha value is -2.61. The molecule has 2 aliphatic rings. The van der Waals surface area contributed by atoms with Gasteiger partial charge < -0.3 is 10.2 Å². The topological polar surface area (TPSA) is 91.4 Å². The number of aromatic nitrogens is 1. The van der Waals surface area contributed by atoms with Gasteiger partial charge in [-0.05, 0) is 63.3 Å². The van der Waals surface area contributed by atoms with Crippen LogP contribution in [0, 0.1) is 19.8 Å². The predicted molar refractivity (Wildman–Crippen MR) is 117 cm³/mol. The molecule has 7 nitrogen and oxygen atoms in total. The second kappa shape index (κ2) is 8.26. The van der Waals surface area contributed by atoms with Crippen molar-refractivity contribution in [1.29, 1.82) is 0 Å². The minimum Gasteiger partial charge on any atom is -0.355 e. The summed E-state index contributed by atoms with van der Waals surface area (Å²) in [6, 6.07) is 9.11. The zero-order valence-electron chi connectivity index (χ0n) is 17.4. The van der Waals surface area contributed by atoms with Crippen LogP contribution in [0.1, 0.15) is 36.8 Å². The summed E-state index contributed by atoms with van der Waals surface area (Å²) in [5.41, 5.74) is 2.18. The maximum absolute atomic E-state index is 13.0. The molecular formula is C22H28N4O3S. The van der Waals surface area contributed by atoms with Crippen molar-refractivity contribution in [3.8, 4) is 0 Å². The number of pyridine rings is 1. The number of anilines is 2. The summed E-state index contributed by atoms with van der Waals surface area (Å²) in [6.07, 6.45) is 5.30. The van der Waals surface area contributed by atoms with E-state index in [1.807, 2.05) is 13.0 Å². The fraction of sp³-hybridized carbons (Fsp3) is 0.455. The average Bonchev–Trinajstić information content (AvgIpc) is 3.52. The molecule has 0 bridgehead atoms. The number of benzene rings is 1. The van der Waals surface area contributed by atoms with E-state index in [2.05, 4.69) is 19.9 Å². The predicted octanol–water partition coefficient (Wildman–Crippen LogP) is 2.99. The highest BCUT2D eigenvalue weighted by molar-refractivity contribution is 7.92. The fourth-order valence-electron chi connectivity index (χ4n) is 3.93. The molecule has 2 N–H and O–H groups in total. The zero-order chi connectivity index (χ0) is 21.3. The highest BCUT2D eigenvalue weighted by Crippen LogP contribution is 2.30. The SMILES string of the molecule is Cc1ccc(S(=O)(=O)Nc2cccnc2N2CCC(C(=O)NC3CC3)CC2)c(C)c1. The summed E-state index contributed by atoms with van der Waals surface area (Å²) in [4.78, 5) is 19.1. The molecule has 1 amide bonds. The van der Waals surface area contributed by atoms with Gasteiger partial charge in [-0.3, -0.25) is 9.52 Å². The van der Waals surface area contributed by atoms with Crippen LogP contribution in [0.2, 0.25) is 0 Å². The Balaban J connectivity index is 1.48. The van der Waals surface area contributed by atoms with E-state index in [1.165, 1.54) is 0 Å². The van der Waals surface area contributed by atoms with Crippen LogP contribution in [0.5, 0.6) is 0 Å². The fourth-order valence-corrected chi connectivity index (χ4v) is 5.22. The van der Waals surface area contributed by atoms with Crippen molar-refractivity contribution in [3.05, 3.63) is 47.7 Å². The first-order chi connectivity index (χ1) is 14.3. The van der Waals surface area contributed by atoms with Crippen molar-refractivity contribution in [2.75, 3.05) is 22.7 Å². The summed E-state index contributed by atoms with van der Waals surface area (Å²) in [5.74, 6) is 0.766. The third kappa shape index (κ3) is 4.59. The van der Waals surface area contributed by atoms with E-state index < -0.39 is 10.0 Å². The quantitative estimate of drug-likeness (QED) is 0.738. The van der Waals surface area contributed by atoms with E-state index in [-0.39, 0.29) is 16.7 Å². The molecule has 1 aliphatic heterocycles. The number of nitrogens with one attached hydrogen (secondary N) is 2. The Morgan fingerprint density at radius 1 is 1.10 bits per heavy atom. The molecule has 0 atom stereocenters. The molecule has 0 radical (unpaired) electrons. The number of hydrogen-bond acceptors (Lipinski definition) is 5. The molecule has 1 saturated carbocycles. The van der Waals surface area contributed by atoms with Gasteiger partial charge in [-0.1, -0.05) is 17.7 Å². The first kappa shape index (κ1) is 20.7. The third-order valence-electron chi connectivity index (χ3n) is 5.74. The number of rotatable bonds is 6. The van der Waals surface area contributed by atoms with Gasteiger partial charge in [0, 0.05) is 31.2 Å². The van der Waals surface area contributed by atoms with E-state index in [9.17, 15) is 13.2 Å². The Labute approximate surface area is 177 Å². The molecule has 0 spiro atoms. The van der Waals surface area contributed by atoms with Crippen molar-refractivity contribution in [3.63, 3.8) is 0 Å². The molecule has 2 heterocycles. The number of aryl methyl sites for hydroxylation is 2. The zero-order valence-corrected chi connectivity index (χ0v) is 18.2. The van der Waals surface area contributed by atoms with Crippen LogP contribution < -0.4 is 14.9 Å². The summed E-state index contributed by atoms with van der Waals surface area (Å²) < 4.78 is 28.7. The van der Waals surface area contributed by atoms with Crippen molar-refractivity contribution >= 4 is 27.4 Å². The minimum atomic E-state index is -3.73. The summed E-state index contributed by atoms with van der Waals surface area (Å²) in [7, 11) is -3.73. The molecule has 1 aliphatic carbocycles. The van der Waals surface area contributed by atoms with Crippen LogP contribution >= 0.6 is 0 Å².